The Morgan fingerprint density at radius 2 is 1.46 bits per heavy atom. The predicted molar refractivity (Wildman–Crippen MR) is 107 cm³/mol. The zero-order chi connectivity index (χ0) is 19.8. The summed E-state index contributed by atoms with van der Waals surface area (Å²) in [5.41, 5.74) is 3.23. The molecule has 0 atom stereocenters. The average molecular weight is 383 g/mol. The van der Waals surface area contributed by atoms with E-state index in [4.69, 9.17) is 0 Å². The van der Waals surface area contributed by atoms with Crippen molar-refractivity contribution in [3.63, 3.8) is 0 Å². The summed E-state index contributed by atoms with van der Waals surface area (Å²) in [4.78, 5) is 26.0. The first-order chi connectivity index (χ1) is 13.6. The Balaban J connectivity index is 1.33. The van der Waals surface area contributed by atoms with Crippen molar-refractivity contribution in [2.24, 2.45) is 0 Å². The molecule has 0 bridgehead atoms. The number of anilines is 1. The van der Waals surface area contributed by atoms with Crippen LogP contribution >= 0.6 is 0 Å². The van der Waals surface area contributed by atoms with Gasteiger partial charge >= 0.3 is 11.8 Å². The molecule has 1 fully saturated rings. The van der Waals surface area contributed by atoms with Gasteiger partial charge in [0, 0.05) is 31.9 Å². The number of rotatable bonds is 7. The molecule has 0 spiro atoms. The van der Waals surface area contributed by atoms with Gasteiger partial charge in [-0.2, -0.15) is 0 Å². The Morgan fingerprint density at radius 1 is 0.857 bits per heavy atom. The van der Waals surface area contributed by atoms with Crippen LogP contribution in [0.25, 0.3) is 0 Å². The highest BCUT2D eigenvalue weighted by Gasteiger charge is 2.13. The molecular weight excluding hydrogens is 357 g/mol. The summed E-state index contributed by atoms with van der Waals surface area (Å²) < 4.78 is 12.8. The summed E-state index contributed by atoms with van der Waals surface area (Å²) in [5, 5.41) is 5.17. The van der Waals surface area contributed by atoms with Gasteiger partial charge in [0.1, 0.15) is 5.82 Å². The molecule has 0 radical (unpaired) electrons. The molecule has 1 aliphatic rings. The minimum absolute atomic E-state index is 0.190. The Bertz CT molecular complexity index is 784. The Hall–Kier alpha value is -2.89. The quantitative estimate of drug-likeness (QED) is 0.571. The smallest absolute Gasteiger partial charge is 0.309 e. The molecule has 2 aromatic rings. The van der Waals surface area contributed by atoms with E-state index >= 15 is 0 Å². The molecule has 2 amide bonds. The van der Waals surface area contributed by atoms with Gasteiger partial charge in [-0.15, -0.1) is 0 Å². The number of hydrogen-bond donors (Lipinski definition) is 2. The number of halogens is 1. The van der Waals surface area contributed by atoms with Crippen molar-refractivity contribution < 1.29 is 14.0 Å². The SMILES string of the molecule is O=C(NCCCc1ccc(N2CCCC2)cc1)C(=O)NCc1ccc(F)cc1. The van der Waals surface area contributed by atoms with Crippen molar-refractivity contribution in [2.45, 2.75) is 32.2 Å². The number of aryl methyl sites for hydroxylation is 1. The Kier molecular flexibility index (Phi) is 7.00. The fourth-order valence-corrected chi connectivity index (χ4v) is 3.29. The first-order valence-corrected chi connectivity index (χ1v) is 9.76. The summed E-state index contributed by atoms with van der Waals surface area (Å²) in [6.07, 6.45) is 4.13. The van der Waals surface area contributed by atoms with E-state index in [2.05, 4.69) is 39.8 Å². The van der Waals surface area contributed by atoms with Crippen LogP contribution in [0.1, 0.15) is 30.4 Å². The second-order valence-electron chi connectivity index (χ2n) is 7.03. The molecule has 3 rings (SSSR count). The number of amides is 2. The lowest BCUT2D eigenvalue weighted by Crippen LogP contribution is -2.40. The second-order valence-corrected chi connectivity index (χ2v) is 7.03. The Labute approximate surface area is 164 Å². The normalized spacial score (nSPS) is 13.4. The van der Waals surface area contributed by atoms with E-state index in [-0.39, 0.29) is 12.4 Å². The summed E-state index contributed by atoms with van der Waals surface area (Å²) in [5.74, 6) is -1.66. The number of carbonyl (C=O) groups excluding carboxylic acids is 2. The van der Waals surface area contributed by atoms with Crippen LogP contribution in [-0.4, -0.2) is 31.4 Å². The summed E-state index contributed by atoms with van der Waals surface area (Å²) in [6.45, 7) is 2.90. The average Bonchev–Trinajstić information content (AvgIpc) is 3.25. The monoisotopic (exact) mass is 383 g/mol. The third-order valence-corrected chi connectivity index (χ3v) is 4.91. The lowest BCUT2D eigenvalue weighted by atomic mass is 10.1. The molecule has 0 aromatic heterocycles. The minimum atomic E-state index is -0.681. The van der Waals surface area contributed by atoms with Gasteiger partial charge in [-0.05, 0) is 61.1 Å². The van der Waals surface area contributed by atoms with Gasteiger partial charge in [-0.1, -0.05) is 24.3 Å². The van der Waals surface area contributed by atoms with Crippen LogP contribution in [0.3, 0.4) is 0 Å². The van der Waals surface area contributed by atoms with Gasteiger partial charge in [0.05, 0.1) is 0 Å². The third kappa shape index (κ3) is 5.81. The van der Waals surface area contributed by atoms with Crippen molar-refractivity contribution >= 4 is 17.5 Å². The first-order valence-electron chi connectivity index (χ1n) is 9.76. The van der Waals surface area contributed by atoms with E-state index < -0.39 is 11.8 Å². The minimum Gasteiger partial charge on any atom is -0.372 e. The largest absolute Gasteiger partial charge is 0.372 e. The van der Waals surface area contributed by atoms with E-state index in [1.807, 2.05) is 0 Å². The van der Waals surface area contributed by atoms with Gasteiger partial charge in [-0.3, -0.25) is 9.59 Å². The molecule has 148 valence electrons. The van der Waals surface area contributed by atoms with Gasteiger partial charge in [-0.25, -0.2) is 4.39 Å². The number of nitrogens with one attached hydrogen (secondary N) is 2. The van der Waals surface area contributed by atoms with Crippen molar-refractivity contribution in [1.82, 2.24) is 10.6 Å². The highest BCUT2D eigenvalue weighted by atomic mass is 19.1. The fourth-order valence-electron chi connectivity index (χ4n) is 3.29. The highest BCUT2D eigenvalue weighted by Crippen LogP contribution is 2.20. The zero-order valence-electron chi connectivity index (χ0n) is 15.9. The maximum atomic E-state index is 12.8. The predicted octanol–water partition coefficient (Wildman–Crippen LogP) is 2.79. The summed E-state index contributed by atoms with van der Waals surface area (Å²) >= 11 is 0. The van der Waals surface area contributed by atoms with Gasteiger partial charge in [0.15, 0.2) is 0 Å². The Morgan fingerprint density at radius 3 is 2.14 bits per heavy atom. The standard InChI is InChI=1S/C22H26FN3O2/c23-19-9-5-18(6-10-19)16-25-22(28)21(27)24-13-3-4-17-7-11-20(12-8-17)26-14-1-2-15-26/h5-12H,1-4,13-16H2,(H,24,27)(H,25,28). The van der Waals surface area contributed by atoms with Crippen LogP contribution in [0, 0.1) is 5.82 Å². The van der Waals surface area contributed by atoms with Crippen LogP contribution in [-0.2, 0) is 22.6 Å². The topological polar surface area (TPSA) is 61.4 Å². The van der Waals surface area contributed by atoms with Crippen molar-refractivity contribution in [2.75, 3.05) is 24.5 Å². The van der Waals surface area contributed by atoms with Crippen LogP contribution < -0.4 is 15.5 Å². The molecule has 1 heterocycles. The molecule has 0 aliphatic carbocycles. The van der Waals surface area contributed by atoms with Crippen molar-refractivity contribution in [1.29, 1.82) is 0 Å². The van der Waals surface area contributed by atoms with Crippen LogP contribution in [0.15, 0.2) is 48.5 Å². The number of carbonyl (C=O) groups is 2. The molecule has 0 saturated carbocycles. The molecule has 5 nitrogen and oxygen atoms in total. The molecule has 1 saturated heterocycles. The van der Waals surface area contributed by atoms with E-state index in [0.717, 1.165) is 31.5 Å². The van der Waals surface area contributed by atoms with E-state index in [0.29, 0.717) is 6.54 Å². The van der Waals surface area contributed by atoms with Crippen LogP contribution in [0.4, 0.5) is 10.1 Å². The maximum Gasteiger partial charge on any atom is 0.309 e. The molecule has 2 aromatic carbocycles. The second kappa shape index (κ2) is 9.88. The number of benzene rings is 2. The van der Waals surface area contributed by atoms with Crippen LogP contribution in [0.5, 0.6) is 0 Å². The van der Waals surface area contributed by atoms with Gasteiger partial charge in [0.25, 0.3) is 0 Å². The summed E-state index contributed by atoms with van der Waals surface area (Å²) in [7, 11) is 0. The van der Waals surface area contributed by atoms with Crippen molar-refractivity contribution in [3.8, 4) is 0 Å². The van der Waals surface area contributed by atoms with Crippen LogP contribution in [0.2, 0.25) is 0 Å². The lowest BCUT2D eigenvalue weighted by Gasteiger charge is -2.17. The van der Waals surface area contributed by atoms with Gasteiger partial charge < -0.3 is 15.5 Å². The van der Waals surface area contributed by atoms with E-state index in [1.54, 1.807) is 12.1 Å². The highest BCUT2D eigenvalue weighted by molar-refractivity contribution is 6.35. The summed E-state index contributed by atoms with van der Waals surface area (Å²) in [6, 6.07) is 14.4. The molecule has 28 heavy (non-hydrogen) atoms. The zero-order valence-corrected chi connectivity index (χ0v) is 15.9. The molecular formula is C22H26FN3O2. The molecule has 6 heteroatoms. The fraction of sp³-hybridized carbons (Fsp3) is 0.364. The molecule has 1 aliphatic heterocycles. The third-order valence-electron chi connectivity index (χ3n) is 4.91. The molecule has 2 N–H and O–H groups in total. The molecule has 0 unspecified atom stereocenters. The van der Waals surface area contributed by atoms with E-state index in [1.165, 1.54) is 36.2 Å². The number of nitrogens with zero attached hydrogens (tertiary/aromatic N) is 1. The van der Waals surface area contributed by atoms with E-state index in [9.17, 15) is 14.0 Å². The number of hydrogen-bond acceptors (Lipinski definition) is 3. The lowest BCUT2D eigenvalue weighted by molar-refractivity contribution is -0.139. The maximum absolute atomic E-state index is 12.8. The van der Waals surface area contributed by atoms with Crippen molar-refractivity contribution in [3.05, 3.63) is 65.5 Å². The first kappa shape index (κ1) is 19.9. The van der Waals surface area contributed by atoms with Gasteiger partial charge in [0.2, 0.25) is 0 Å².